The van der Waals surface area contributed by atoms with Gasteiger partial charge in [0, 0.05) is 51.1 Å². The smallest absolute Gasteiger partial charge is 0.257 e. The van der Waals surface area contributed by atoms with Gasteiger partial charge in [-0.2, -0.15) is 0 Å². The Morgan fingerprint density at radius 2 is 1.57 bits per heavy atom. The SMILES string of the molecule is CN(C(=O)c1c(C=O)cccc1N1CCC(CC2CCN(C(=O)C3CCCCC3)CC2)CC1)C(C=O)CCC=O. The largest absolute Gasteiger partial charge is 0.371 e. The molecule has 1 unspecified atom stereocenters. The number of amides is 2. The highest BCUT2D eigenvalue weighted by Crippen LogP contribution is 2.34. The predicted octanol–water partition coefficient (Wildman–Crippen LogP) is 4.54. The Balaban J connectivity index is 1.33. The summed E-state index contributed by atoms with van der Waals surface area (Å²) in [5.41, 5.74) is 1.37. The Morgan fingerprint density at radius 3 is 2.17 bits per heavy atom. The molecule has 0 N–H and O–H groups in total. The van der Waals surface area contributed by atoms with Gasteiger partial charge in [-0.25, -0.2) is 0 Å². The number of nitrogens with zero attached hydrogens (tertiary/aromatic N) is 3. The van der Waals surface area contributed by atoms with Crippen molar-refractivity contribution in [2.24, 2.45) is 17.8 Å². The maximum Gasteiger partial charge on any atom is 0.257 e. The molecule has 1 saturated carbocycles. The zero-order valence-corrected chi connectivity index (χ0v) is 24.0. The van der Waals surface area contributed by atoms with E-state index in [1.807, 2.05) is 6.07 Å². The molecule has 1 aromatic rings. The molecule has 0 bridgehead atoms. The molecule has 2 amide bonds. The second-order valence-corrected chi connectivity index (χ2v) is 12.0. The minimum atomic E-state index is -0.722. The van der Waals surface area contributed by atoms with Crippen LogP contribution in [0.5, 0.6) is 0 Å². The van der Waals surface area contributed by atoms with E-state index in [9.17, 15) is 24.0 Å². The van der Waals surface area contributed by atoms with Gasteiger partial charge in [-0.1, -0.05) is 31.4 Å². The summed E-state index contributed by atoms with van der Waals surface area (Å²) in [6, 6.07) is 4.60. The summed E-state index contributed by atoms with van der Waals surface area (Å²) < 4.78 is 0. The van der Waals surface area contributed by atoms with Gasteiger partial charge in [0.25, 0.3) is 5.91 Å². The number of carbonyl (C=O) groups is 5. The van der Waals surface area contributed by atoms with Crippen molar-refractivity contribution in [1.29, 1.82) is 0 Å². The summed E-state index contributed by atoms with van der Waals surface area (Å²) in [7, 11) is 1.55. The van der Waals surface area contributed by atoms with E-state index in [-0.39, 0.29) is 24.7 Å². The van der Waals surface area contributed by atoms with Gasteiger partial charge in [-0.15, -0.1) is 0 Å². The number of anilines is 1. The third kappa shape index (κ3) is 7.18. The number of piperidine rings is 2. The van der Waals surface area contributed by atoms with Crippen LogP contribution in [0.15, 0.2) is 18.2 Å². The summed E-state index contributed by atoms with van der Waals surface area (Å²) in [6.07, 6.45) is 13.8. The van der Waals surface area contributed by atoms with E-state index in [2.05, 4.69) is 9.80 Å². The average molecular weight is 552 g/mol. The van der Waals surface area contributed by atoms with Crippen molar-refractivity contribution in [3.63, 3.8) is 0 Å². The molecule has 0 radical (unpaired) electrons. The van der Waals surface area contributed by atoms with Crippen molar-refractivity contribution in [2.45, 2.75) is 83.1 Å². The fraction of sp³-hybridized carbons (Fsp3) is 0.656. The van der Waals surface area contributed by atoms with Gasteiger partial charge in [0.1, 0.15) is 12.6 Å². The fourth-order valence-corrected chi connectivity index (χ4v) is 6.95. The Bertz CT molecular complexity index is 1040. The zero-order valence-electron chi connectivity index (χ0n) is 24.0. The van der Waals surface area contributed by atoms with Crippen LogP contribution in [0.4, 0.5) is 5.69 Å². The standard InChI is InChI=1S/C32H45N3O5/c1-33(28(23-38)10-6-20-36)32(40)30-27(22-37)9-5-11-29(30)34-16-12-24(13-17-34)21-25-14-18-35(19-15-25)31(39)26-7-3-2-4-8-26/h5,9,11,20,22-26,28H,2-4,6-8,10,12-19,21H2,1H3. The van der Waals surface area contributed by atoms with Crippen molar-refractivity contribution in [1.82, 2.24) is 9.80 Å². The molecule has 4 rings (SSSR count). The monoisotopic (exact) mass is 551 g/mol. The molecule has 3 aliphatic rings. The number of carbonyl (C=O) groups excluding carboxylic acids is 5. The molecule has 3 fully saturated rings. The Hall–Kier alpha value is -3.03. The van der Waals surface area contributed by atoms with Crippen LogP contribution >= 0.6 is 0 Å². The lowest BCUT2D eigenvalue weighted by Gasteiger charge is -2.39. The molecule has 2 saturated heterocycles. The lowest BCUT2D eigenvalue weighted by molar-refractivity contribution is -0.138. The van der Waals surface area contributed by atoms with E-state index in [0.717, 1.165) is 76.7 Å². The molecule has 1 aromatic carbocycles. The van der Waals surface area contributed by atoms with Gasteiger partial charge in [-0.3, -0.25) is 14.4 Å². The zero-order chi connectivity index (χ0) is 28.5. The maximum absolute atomic E-state index is 13.5. The van der Waals surface area contributed by atoms with Crippen LogP contribution in [0.3, 0.4) is 0 Å². The van der Waals surface area contributed by atoms with Gasteiger partial charge in [-0.05, 0) is 69.3 Å². The van der Waals surface area contributed by atoms with Crippen LogP contribution in [0.2, 0.25) is 0 Å². The highest BCUT2D eigenvalue weighted by atomic mass is 16.2. The summed E-state index contributed by atoms with van der Waals surface area (Å²) in [6.45, 7) is 3.40. The number of likely N-dealkylation sites (tertiary alicyclic amines) is 1. The van der Waals surface area contributed by atoms with Crippen molar-refractivity contribution in [3.8, 4) is 0 Å². The van der Waals surface area contributed by atoms with Crippen molar-refractivity contribution in [2.75, 3.05) is 38.1 Å². The van der Waals surface area contributed by atoms with Crippen molar-refractivity contribution in [3.05, 3.63) is 29.3 Å². The first kappa shape index (κ1) is 29.9. The molecule has 218 valence electrons. The number of aldehydes is 3. The minimum absolute atomic E-state index is 0.187. The predicted molar refractivity (Wildman–Crippen MR) is 155 cm³/mol. The van der Waals surface area contributed by atoms with Gasteiger partial charge >= 0.3 is 0 Å². The molecule has 2 aliphatic heterocycles. The van der Waals surface area contributed by atoms with E-state index >= 15 is 0 Å². The van der Waals surface area contributed by atoms with Crippen LogP contribution in [-0.4, -0.2) is 79.7 Å². The third-order valence-electron chi connectivity index (χ3n) is 9.47. The Labute approximate surface area is 238 Å². The van der Waals surface area contributed by atoms with E-state index in [1.165, 1.54) is 30.6 Å². The molecular formula is C32H45N3O5. The minimum Gasteiger partial charge on any atom is -0.371 e. The molecule has 0 spiro atoms. The number of benzene rings is 1. The maximum atomic E-state index is 13.5. The first-order valence-electron chi connectivity index (χ1n) is 15.2. The summed E-state index contributed by atoms with van der Waals surface area (Å²) in [4.78, 5) is 66.5. The highest BCUT2D eigenvalue weighted by Gasteiger charge is 2.32. The molecule has 40 heavy (non-hydrogen) atoms. The van der Waals surface area contributed by atoms with Crippen LogP contribution in [-0.2, 0) is 14.4 Å². The van der Waals surface area contributed by atoms with Crippen LogP contribution < -0.4 is 4.90 Å². The van der Waals surface area contributed by atoms with E-state index in [0.29, 0.717) is 41.4 Å². The van der Waals surface area contributed by atoms with E-state index in [4.69, 9.17) is 0 Å². The average Bonchev–Trinajstić information content (AvgIpc) is 3.01. The van der Waals surface area contributed by atoms with Crippen molar-refractivity contribution >= 4 is 36.4 Å². The quantitative estimate of drug-likeness (QED) is 0.375. The second kappa shape index (κ2) is 14.6. The second-order valence-electron chi connectivity index (χ2n) is 12.0. The van der Waals surface area contributed by atoms with Gasteiger partial charge in [0.2, 0.25) is 5.91 Å². The van der Waals surface area contributed by atoms with E-state index in [1.54, 1.807) is 19.2 Å². The molecular weight excluding hydrogens is 506 g/mol. The normalized spacial score (nSPS) is 20.1. The lowest BCUT2D eigenvalue weighted by atomic mass is 9.82. The Kier molecular flexibility index (Phi) is 10.9. The number of hydrogen-bond donors (Lipinski definition) is 0. The van der Waals surface area contributed by atoms with Crippen LogP contribution in [0, 0.1) is 17.8 Å². The Morgan fingerprint density at radius 1 is 0.925 bits per heavy atom. The van der Waals surface area contributed by atoms with Crippen LogP contribution in [0.25, 0.3) is 0 Å². The molecule has 2 heterocycles. The molecule has 0 aromatic heterocycles. The van der Waals surface area contributed by atoms with E-state index < -0.39 is 6.04 Å². The molecule has 8 nitrogen and oxygen atoms in total. The first-order valence-corrected chi connectivity index (χ1v) is 15.2. The van der Waals surface area contributed by atoms with Crippen molar-refractivity contribution < 1.29 is 24.0 Å². The van der Waals surface area contributed by atoms with Crippen LogP contribution in [0.1, 0.15) is 97.8 Å². The summed E-state index contributed by atoms with van der Waals surface area (Å²) >= 11 is 0. The molecule has 8 heteroatoms. The van der Waals surface area contributed by atoms with Gasteiger partial charge in [0.15, 0.2) is 6.29 Å². The molecule has 1 aliphatic carbocycles. The molecule has 1 atom stereocenters. The number of rotatable bonds is 11. The summed E-state index contributed by atoms with van der Waals surface area (Å²) in [5.74, 6) is 1.54. The lowest BCUT2D eigenvalue weighted by Crippen LogP contribution is -2.43. The highest BCUT2D eigenvalue weighted by molar-refractivity contribution is 6.07. The first-order chi connectivity index (χ1) is 19.5. The summed E-state index contributed by atoms with van der Waals surface area (Å²) in [5, 5.41) is 0. The fourth-order valence-electron chi connectivity index (χ4n) is 6.95. The third-order valence-corrected chi connectivity index (χ3v) is 9.47. The topological polar surface area (TPSA) is 95.1 Å². The number of hydrogen-bond acceptors (Lipinski definition) is 6. The number of likely N-dealkylation sites (N-methyl/N-ethyl adjacent to an activating group) is 1. The van der Waals surface area contributed by atoms with Gasteiger partial charge in [0.05, 0.1) is 17.3 Å². The van der Waals surface area contributed by atoms with Gasteiger partial charge < -0.3 is 24.3 Å².